The third-order valence-corrected chi connectivity index (χ3v) is 3.13. The fourth-order valence-corrected chi connectivity index (χ4v) is 1.90. The fourth-order valence-electron chi connectivity index (χ4n) is 1.90. The maximum atomic E-state index is 12.2. The number of likely N-dealkylation sites (N-methyl/N-ethyl adjacent to an activating group) is 1. The Hall–Kier alpha value is -1.76. The van der Waals surface area contributed by atoms with E-state index in [-0.39, 0.29) is 5.75 Å². The van der Waals surface area contributed by atoms with E-state index in [0.717, 1.165) is 31.3 Å². The van der Waals surface area contributed by atoms with Crippen molar-refractivity contribution < 1.29 is 17.9 Å². The topological polar surface area (TPSA) is 41.2 Å². The number of nitrogens with zero attached hydrogens (tertiary/aromatic N) is 2. The van der Waals surface area contributed by atoms with Crippen molar-refractivity contribution in [2.45, 2.75) is 19.7 Å². The molecule has 2 aromatic rings. The van der Waals surface area contributed by atoms with E-state index in [0.29, 0.717) is 11.0 Å². The van der Waals surface area contributed by atoms with Crippen LogP contribution in [0.3, 0.4) is 0 Å². The molecule has 0 aliphatic heterocycles. The largest absolute Gasteiger partial charge is 0.573 e. The number of H-pyrrole nitrogens is 1. The van der Waals surface area contributed by atoms with E-state index in [1.807, 2.05) is 14.0 Å². The second kappa shape index (κ2) is 5.70. The van der Waals surface area contributed by atoms with Gasteiger partial charge in [0.2, 0.25) is 0 Å². The quantitative estimate of drug-likeness (QED) is 0.919. The number of rotatable bonds is 5. The van der Waals surface area contributed by atoms with E-state index < -0.39 is 6.36 Å². The normalized spacial score (nSPS) is 12.3. The van der Waals surface area contributed by atoms with Gasteiger partial charge in [0.05, 0.1) is 6.20 Å². The Morgan fingerprint density at radius 3 is 2.80 bits per heavy atom. The van der Waals surface area contributed by atoms with Crippen LogP contribution in [0.15, 0.2) is 18.5 Å². The maximum Gasteiger partial charge on any atom is 0.573 e. The van der Waals surface area contributed by atoms with Gasteiger partial charge in [-0.3, -0.25) is 0 Å². The van der Waals surface area contributed by atoms with Crippen LogP contribution in [-0.2, 0) is 6.42 Å². The van der Waals surface area contributed by atoms with Crippen LogP contribution >= 0.6 is 0 Å². The monoisotopic (exact) mass is 287 g/mol. The van der Waals surface area contributed by atoms with Gasteiger partial charge in [-0.15, -0.1) is 13.2 Å². The Kier molecular flexibility index (Phi) is 4.17. The van der Waals surface area contributed by atoms with Crippen LogP contribution in [0.25, 0.3) is 11.0 Å². The van der Waals surface area contributed by atoms with Gasteiger partial charge in [-0.1, -0.05) is 6.92 Å². The summed E-state index contributed by atoms with van der Waals surface area (Å²) in [6.45, 7) is 3.79. The second-order valence-corrected chi connectivity index (χ2v) is 4.57. The molecular weight excluding hydrogens is 271 g/mol. The van der Waals surface area contributed by atoms with Gasteiger partial charge in [0.1, 0.15) is 11.4 Å². The van der Waals surface area contributed by atoms with Gasteiger partial charge in [0.25, 0.3) is 0 Å². The van der Waals surface area contributed by atoms with Crippen LogP contribution in [0.2, 0.25) is 0 Å². The van der Waals surface area contributed by atoms with Crippen molar-refractivity contribution in [3.8, 4) is 5.75 Å². The van der Waals surface area contributed by atoms with Gasteiger partial charge in [-0.2, -0.15) is 0 Å². The number of hydrogen-bond donors (Lipinski definition) is 1. The average molecular weight is 287 g/mol. The van der Waals surface area contributed by atoms with Gasteiger partial charge in [-0.25, -0.2) is 4.98 Å². The van der Waals surface area contributed by atoms with Gasteiger partial charge in [-0.05, 0) is 31.6 Å². The number of aromatic nitrogens is 2. The molecule has 2 rings (SSSR count). The Balaban J connectivity index is 2.21. The van der Waals surface area contributed by atoms with E-state index in [2.05, 4.69) is 19.6 Å². The molecule has 4 nitrogen and oxygen atoms in total. The van der Waals surface area contributed by atoms with Crippen LogP contribution in [0, 0.1) is 0 Å². The predicted molar refractivity (Wildman–Crippen MR) is 69.7 cm³/mol. The second-order valence-electron chi connectivity index (χ2n) is 4.57. The molecule has 0 atom stereocenters. The zero-order chi connectivity index (χ0) is 14.8. The molecule has 2 heterocycles. The van der Waals surface area contributed by atoms with Gasteiger partial charge in [0.15, 0.2) is 0 Å². The molecule has 0 radical (unpaired) electrons. The minimum Gasteiger partial charge on any atom is -0.404 e. The lowest BCUT2D eigenvalue weighted by molar-refractivity contribution is -0.274. The van der Waals surface area contributed by atoms with Crippen molar-refractivity contribution in [3.63, 3.8) is 0 Å². The third-order valence-electron chi connectivity index (χ3n) is 3.13. The molecular formula is C13H16F3N3O. The minimum atomic E-state index is -4.70. The summed E-state index contributed by atoms with van der Waals surface area (Å²) in [6.07, 6.45) is -1.12. The van der Waals surface area contributed by atoms with Crippen LogP contribution < -0.4 is 4.74 Å². The summed E-state index contributed by atoms with van der Waals surface area (Å²) in [5.74, 6) is -0.297. The lowest BCUT2D eigenvalue weighted by Gasteiger charge is -2.13. The number of halogens is 3. The summed E-state index contributed by atoms with van der Waals surface area (Å²) in [7, 11) is 1.99. The summed E-state index contributed by atoms with van der Waals surface area (Å²) in [4.78, 5) is 9.02. The van der Waals surface area contributed by atoms with Crippen molar-refractivity contribution in [1.82, 2.24) is 14.9 Å². The van der Waals surface area contributed by atoms with E-state index in [9.17, 15) is 13.2 Å². The highest BCUT2D eigenvalue weighted by Crippen LogP contribution is 2.26. The number of pyridine rings is 1. The Morgan fingerprint density at radius 2 is 2.15 bits per heavy atom. The number of nitrogens with one attached hydrogen (secondary N) is 1. The average Bonchev–Trinajstić information content (AvgIpc) is 2.76. The Morgan fingerprint density at radius 1 is 1.40 bits per heavy atom. The molecule has 0 saturated heterocycles. The number of hydrogen-bond acceptors (Lipinski definition) is 3. The summed E-state index contributed by atoms with van der Waals surface area (Å²) in [6, 6.07) is 1.37. The number of fused-ring (bicyclic) bond motifs is 1. The maximum absolute atomic E-state index is 12.2. The van der Waals surface area contributed by atoms with Gasteiger partial charge >= 0.3 is 6.36 Å². The van der Waals surface area contributed by atoms with E-state index in [4.69, 9.17) is 0 Å². The zero-order valence-electron chi connectivity index (χ0n) is 11.3. The lowest BCUT2D eigenvalue weighted by atomic mass is 10.1. The molecule has 0 amide bonds. The standard InChI is InChI=1S/C13H16F3N3O/c1-3-19(2)5-4-9-7-17-12-11(9)6-10(8-18-12)20-13(14,15)16/h6-8H,3-5H2,1-2H3,(H,17,18). The van der Waals surface area contributed by atoms with E-state index in [1.54, 1.807) is 6.20 Å². The Labute approximate surface area is 114 Å². The molecule has 0 saturated carbocycles. The highest BCUT2D eigenvalue weighted by molar-refractivity contribution is 5.80. The Bertz CT molecular complexity index is 580. The number of aromatic amines is 1. The van der Waals surface area contributed by atoms with Crippen molar-refractivity contribution in [1.29, 1.82) is 0 Å². The first-order valence-corrected chi connectivity index (χ1v) is 6.29. The van der Waals surface area contributed by atoms with E-state index in [1.165, 1.54) is 6.07 Å². The van der Waals surface area contributed by atoms with Crippen LogP contribution in [-0.4, -0.2) is 41.4 Å². The van der Waals surface area contributed by atoms with Crippen LogP contribution in [0.5, 0.6) is 5.75 Å². The summed E-state index contributed by atoms with van der Waals surface area (Å²) < 4.78 is 40.5. The number of alkyl halides is 3. The molecule has 0 unspecified atom stereocenters. The van der Waals surface area contributed by atoms with E-state index >= 15 is 0 Å². The zero-order valence-corrected chi connectivity index (χ0v) is 11.3. The third kappa shape index (κ3) is 3.63. The van der Waals surface area contributed by atoms with Crippen LogP contribution in [0.1, 0.15) is 12.5 Å². The van der Waals surface area contributed by atoms with Gasteiger partial charge in [0, 0.05) is 18.1 Å². The molecule has 0 fully saturated rings. The molecule has 0 aliphatic carbocycles. The van der Waals surface area contributed by atoms with Crippen LogP contribution in [0.4, 0.5) is 13.2 Å². The van der Waals surface area contributed by atoms with Crippen molar-refractivity contribution in [2.24, 2.45) is 0 Å². The molecule has 2 aromatic heterocycles. The molecule has 0 spiro atoms. The predicted octanol–water partition coefficient (Wildman–Crippen LogP) is 2.96. The minimum absolute atomic E-state index is 0.297. The molecule has 20 heavy (non-hydrogen) atoms. The molecule has 0 aliphatic rings. The SMILES string of the molecule is CCN(C)CCc1c[nH]c2ncc(OC(F)(F)F)cc12. The highest BCUT2D eigenvalue weighted by atomic mass is 19.4. The fraction of sp³-hybridized carbons (Fsp3) is 0.462. The summed E-state index contributed by atoms with van der Waals surface area (Å²) in [5, 5.41) is 0.663. The van der Waals surface area contributed by atoms with Gasteiger partial charge < -0.3 is 14.6 Å². The van der Waals surface area contributed by atoms with Crippen molar-refractivity contribution in [3.05, 3.63) is 24.0 Å². The molecule has 110 valence electrons. The highest BCUT2D eigenvalue weighted by Gasteiger charge is 2.31. The first-order valence-electron chi connectivity index (χ1n) is 6.29. The summed E-state index contributed by atoms with van der Waals surface area (Å²) in [5.41, 5.74) is 1.49. The first-order chi connectivity index (χ1) is 9.39. The molecule has 7 heteroatoms. The smallest absolute Gasteiger partial charge is 0.404 e. The summed E-state index contributed by atoms with van der Waals surface area (Å²) >= 11 is 0. The first kappa shape index (κ1) is 14.6. The molecule has 0 aromatic carbocycles. The lowest BCUT2D eigenvalue weighted by Crippen LogP contribution is -2.20. The number of ether oxygens (including phenoxy) is 1. The molecule has 1 N–H and O–H groups in total. The van der Waals surface area contributed by atoms with Crippen molar-refractivity contribution in [2.75, 3.05) is 20.1 Å². The van der Waals surface area contributed by atoms with Crippen molar-refractivity contribution >= 4 is 11.0 Å². The molecule has 0 bridgehead atoms.